The van der Waals surface area contributed by atoms with Gasteiger partial charge in [-0.1, -0.05) is 6.07 Å². The lowest BCUT2D eigenvalue weighted by atomic mass is 10.0. The molecule has 2 heterocycles. The number of pyridine rings is 1. The number of amides is 2. The molecule has 1 aromatic heterocycles. The monoisotopic (exact) mass is 261 g/mol. The zero-order valence-corrected chi connectivity index (χ0v) is 11.3. The Bertz CT molecular complexity index is 487. The fourth-order valence-electron chi connectivity index (χ4n) is 2.42. The number of nitrogens with zero attached hydrogens (tertiary/aromatic N) is 2. The van der Waals surface area contributed by atoms with E-state index in [1.807, 2.05) is 19.1 Å². The molecular formula is C14H19N3O2. The van der Waals surface area contributed by atoms with Crippen LogP contribution < -0.4 is 5.32 Å². The van der Waals surface area contributed by atoms with Gasteiger partial charge < -0.3 is 10.2 Å². The normalized spacial score (nSPS) is 19.1. The lowest BCUT2D eigenvalue weighted by Gasteiger charge is -2.34. The molecule has 1 aliphatic rings. The van der Waals surface area contributed by atoms with Crippen LogP contribution in [0.15, 0.2) is 18.2 Å². The summed E-state index contributed by atoms with van der Waals surface area (Å²) in [5.74, 6) is -0.252. The first-order valence-corrected chi connectivity index (χ1v) is 6.59. The second kappa shape index (κ2) is 5.82. The van der Waals surface area contributed by atoms with Crippen LogP contribution in [0.1, 0.15) is 35.4 Å². The van der Waals surface area contributed by atoms with Gasteiger partial charge in [0.25, 0.3) is 5.91 Å². The molecule has 102 valence electrons. The minimum absolute atomic E-state index is 0.0966. The summed E-state index contributed by atoms with van der Waals surface area (Å²) in [4.78, 5) is 30.2. The van der Waals surface area contributed by atoms with Crippen molar-refractivity contribution in [3.63, 3.8) is 0 Å². The van der Waals surface area contributed by atoms with E-state index >= 15 is 0 Å². The zero-order valence-electron chi connectivity index (χ0n) is 11.3. The van der Waals surface area contributed by atoms with E-state index in [2.05, 4.69) is 10.3 Å². The quantitative estimate of drug-likeness (QED) is 0.868. The average molecular weight is 261 g/mol. The van der Waals surface area contributed by atoms with Crippen LogP contribution in [0.3, 0.4) is 0 Å². The Labute approximate surface area is 113 Å². The summed E-state index contributed by atoms with van der Waals surface area (Å²) in [5, 5.41) is 2.63. The number of likely N-dealkylation sites (N-methyl/N-ethyl adjacent to an activating group) is 1. The van der Waals surface area contributed by atoms with Gasteiger partial charge in [0.05, 0.1) is 0 Å². The van der Waals surface area contributed by atoms with Crippen LogP contribution in [0.5, 0.6) is 0 Å². The molecule has 0 radical (unpaired) electrons. The molecule has 1 N–H and O–H groups in total. The van der Waals surface area contributed by atoms with Crippen molar-refractivity contribution in [1.82, 2.24) is 15.2 Å². The molecule has 1 aliphatic heterocycles. The Morgan fingerprint density at radius 1 is 1.37 bits per heavy atom. The Morgan fingerprint density at radius 3 is 2.84 bits per heavy atom. The van der Waals surface area contributed by atoms with E-state index in [-0.39, 0.29) is 17.9 Å². The number of nitrogens with one attached hydrogen (secondary N) is 1. The molecule has 0 spiro atoms. The van der Waals surface area contributed by atoms with Gasteiger partial charge in [-0.3, -0.25) is 9.59 Å². The summed E-state index contributed by atoms with van der Waals surface area (Å²) in [6.07, 6.45) is 2.63. The van der Waals surface area contributed by atoms with Gasteiger partial charge in [-0.05, 0) is 38.3 Å². The maximum Gasteiger partial charge on any atom is 0.273 e. The highest BCUT2D eigenvalue weighted by molar-refractivity contribution is 5.96. The van der Waals surface area contributed by atoms with Gasteiger partial charge in [-0.15, -0.1) is 0 Å². The van der Waals surface area contributed by atoms with Crippen molar-refractivity contribution in [2.24, 2.45) is 0 Å². The highest BCUT2D eigenvalue weighted by Gasteiger charge is 2.32. The molecule has 0 saturated carbocycles. The van der Waals surface area contributed by atoms with E-state index in [4.69, 9.17) is 0 Å². The van der Waals surface area contributed by atoms with E-state index < -0.39 is 0 Å². The third-order valence-corrected chi connectivity index (χ3v) is 3.42. The third kappa shape index (κ3) is 2.92. The van der Waals surface area contributed by atoms with Crippen LogP contribution in [-0.4, -0.2) is 41.3 Å². The van der Waals surface area contributed by atoms with E-state index in [0.717, 1.165) is 25.0 Å². The van der Waals surface area contributed by atoms with Gasteiger partial charge in [0, 0.05) is 19.3 Å². The first kappa shape index (κ1) is 13.5. The van der Waals surface area contributed by atoms with Crippen molar-refractivity contribution in [3.8, 4) is 0 Å². The molecule has 0 aliphatic carbocycles. The molecule has 0 aromatic carbocycles. The highest BCUT2D eigenvalue weighted by atomic mass is 16.2. The molecular weight excluding hydrogens is 242 g/mol. The molecule has 1 unspecified atom stereocenters. The van der Waals surface area contributed by atoms with Crippen LogP contribution in [0.25, 0.3) is 0 Å². The number of hydrogen-bond donors (Lipinski definition) is 1. The van der Waals surface area contributed by atoms with Crippen molar-refractivity contribution in [1.29, 1.82) is 0 Å². The molecule has 19 heavy (non-hydrogen) atoms. The van der Waals surface area contributed by atoms with Gasteiger partial charge in [-0.25, -0.2) is 4.98 Å². The van der Waals surface area contributed by atoms with Crippen molar-refractivity contribution in [2.45, 2.75) is 32.2 Å². The summed E-state index contributed by atoms with van der Waals surface area (Å²) in [6.45, 7) is 2.47. The fraction of sp³-hybridized carbons (Fsp3) is 0.500. The molecule has 1 saturated heterocycles. The van der Waals surface area contributed by atoms with Crippen LogP contribution in [-0.2, 0) is 4.79 Å². The molecule has 1 fully saturated rings. The van der Waals surface area contributed by atoms with E-state index in [9.17, 15) is 9.59 Å². The number of aryl methyl sites for hydroxylation is 1. The van der Waals surface area contributed by atoms with Crippen molar-refractivity contribution >= 4 is 11.8 Å². The van der Waals surface area contributed by atoms with Gasteiger partial charge in [0.1, 0.15) is 11.7 Å². The Kier molecular flexibility index (Phi) is 4.14. The molecule has 1 aromatic rings. The smallest absolute Gasteiger partial charge is 0.273 e. The number of carbonyl (C=O) groups excluding carboxylic acids is 2. The zero-order chi connectivity index (χ0) is 13.8. The second-order valence-corrected chi connectivity index (χ2v) is 4.79. The minimum atomic E-state index is -0.367. The predicted molar refractivity (Wildman–Crippen MR) is 71.7 cm³/mol. The third-order valence-electron chi connectivity index (χ3n) is 3.42. The maximum atomic E-state index is 12.5. The minimum Gasteiger partial charge on any atom is -0.357 e. The fourth-order valence-corrected chi connectivity index (χ4v) is 2.42. The molecule has 5 nitrogen and oxygen atoms in total. The SMILES string of the molecule is CNC(=O)C1CCCCN1C(=O)c1cccc(C)n1. The van der Waals surface area contributed by atoms with E-state index in [1.165, 1.54) is 0 Å². The highest BCUT2D eigenvalue weighted by Crippen LogP contribution is 2.19. The maximum absolute atomic E-state index is 12.5. The average Bonchev–Trinajstić information content (AvgIpc) is 2.45. The van der Waals surface area contributed by atoms with Crippen molar-refractivity contribution < 1.29 is 9.59 Å². The number of hydrogen-bond acceptors (Lipinski definition) is 3. The first-order chi connectivity index (χ1) is 9.13. The summed E-state index contributed by atoms with van der Waals surface area (Å²) in [7, 11) is 1.60. The van der Waals surface area contributed by atoms with Gasteiger partial charge in [0.2, 0.25) is 5.91 Å². The Balaban J connectivity index is 2.22. The van der Waals surface area contributed by atoms with Crippen LogP contribution >= 0.6 is 0 Å². The van der Waals surface area contributed by atoms with Crippen molar-refractivity contribution in [2.75, 3.05) is 13.6 Å². The molecule has 5 heteroatoms. The molecule has 2 amide bonds. The Hall–Kier alpha value is -1.91. The molecule has 1 atom stereocenters. The number of likely N-dealkylation sites (tertiary alicyclic amines) is 1. The summed E-state index contributed by atoms with van der Waals surface area (Å²) in [6, 6.07) is 5.00. The lowest BCUT2D eigenvalue weighted by Crippen LogP contribution is -2.51. The Morgan fingerprint density at radius 2 is 2.16 bits per heavy atom. The summed E-state index contributed by atoms with van der Waals surface area (Å²) in [5.41, 5.74) is 1.22. The lowest BCUT2D eigenvalue weighted by molar-refractivity contribution is -0.126. The topological polar surface area (TPSA) is 62.3 Å². The number of rotatable bonds is 2. The van der Waals surface area contributed by atoms with Gasteiger partial charge in [-0.2, -0.15) is 0 Å². The first-order valence-electron chi connectivity index (χ1n) is 6.59. The van der Waals surface area contributed by atoms with Gasteiger partial charge >= 0.3 is 0 Å². The molecule has 2 rings (SSSR count). The molecule has 0 bridgehead atoms. The van der Waals surface area contributed by atoms with E-state index in [0.29, 0.717) is 12.2 Å². The second-order valence-electron chi connectivity index (χ2n) is 4.79. The number of carbonyl (C=O) groups is 2. The van der Waals surface area contributed by atoms with Crippen LogP contribution in [0.2, 0.25) is 0 Å². The largest absolute Gasteiger partial charge is 0.357 e. The summed E-state index contributed by atoms with van der Waals surface area (Å²) < 4.78 is 0. The van der Waals surface area contributed by atoms with Crippen molar-refractivity contribution in [3.05, 3.63) is 29.6 Å². The predicted octanol–water partition coefficient (Wildman–Crippen LogP) is 1.13. The van der Waals surface area contributed by atoms with Crippen LogP contribution in [0.4, 0.5) is 0 Å². The number of piperidine rings is 1. The van der Waals surface area contributed by atoms with E-state index in [1.54, 1.807) is 18.0 Å². The summed E-state index contributed by atoms with van der Waals surface area (Å²) >= 11 is 0. The standard InChI is InChI=1S/C14H19N3O2/c1-10-6-5-7-11(16-10)14(19)17-9-4-3-8-12(17)13(18)15-2/h5-7,12H,3-4,8-9H2,1-2H3,(H,15,18). The van der Waals surface area contributed by atoms with Crippen LogP contribution in [0, 0.1) is 6.92 Å². The van der Waals surface area contributed by atoms with Gasteiger partial charge in [0.15, 0.2) is 0 Å². The number of aromatic nitrogens is 1.